The van der Waals surface area contributed by atoms with E-state index >= 15 is 0 Å². The molecule has 1 amide bonds. The first-order valence-corrected chi connectivity index (χ1v) is 7.27. The summed E-state index contributed by atoms with van der Waals surface area (Å²) in [5, 5.41) is 2.88. The molecular weight excluding hydrogens is 256 g/mol. The number of ether oxygens (including phenoxy) is 2. The highest BCUT2D eigenvalue weighted by Crippen LogP contribution is 2.37. The standard InChI is InChI=1S/C15H20N2O3/c18-14(12-5-4-8-16-9-12)17-10-13-11-19-15(20-13)6-2-1-3-7-15/h4-5,8-9,13H,1-3,6-7,10-11H2,(H,17,18). The zero-order valence-electron chi connectivity index (χ0n) is 11.5. The Kier molecular flexibility index (Phi) is 3.98. The lowest BCUT2D eigenvalue weighted by Gasteiger charge is -2.31. The second-order valence-corrected chi connectivity index (χ2v) is 5.47. The summed E-state index contributed by atoms with van der Waals surface area (Å²) >= 11 is 0. The lowest BCUT2D eigenvalue weighted by atomic mass is 9.94. The highest BCUT2D eigenvalue weighted by molar-refractivity contribution is 5.93. The third kappa shape index (κ3) is 2.99. The van der Waals surface area contributed by atoms with Gasteiger partial charge in [0, 0.05) is 31.8 Å². The predicted octanol–water partition coefficient (Wildman–Crippen LogP) is 1.89. The molecule has 1 aromatic heterocycles. The maximum absolute atomic E-state index is 11.9. The van der Waals surface area contributed by atoms with Crippen LogP contribution in [0.2, 0.25) is 0 Å². The van der Waals surface area contributed by atoms with Crippen LogP contribution in [0.4, 0.5) is 0 Å². The van der Waals surface area contributed by atoms with Crippen molar-refractivity contribution in [3.63, 3.8) is 0 Å². The first-order chi connectivity index (χ1) is 9.77. The molecule has 2 heterocycles. The lowest BCUT2D eigenvalue weighted by Crippen LogP contribution is -2.37. The summed E-state index contributed by atoms with van der Waals surface area (Å²) in [4.78, 5) is 15.9. The van der Waals surface area contributed by atoms with Crippen molar-refractivity contribution in [1.82, 2.24) is 10.3 Å². The molecule has 1 aliphatic heterocycles. The Morgan fingerprint density at radius 2 is 2.25 bits per heavy atom. The van der Waals surface area contributed by atoms with Crippen molar-refractivity contribution in [2.75, 3.05) is 13.2 Å². The van der Waals surface area contributed by atoms with Crippen molar-refractivity contribution in [2.24, 2.45) is 0 Å². The van der Waals surface area contributed by atoms with E-state index in [1.165, 1.54) is 6.42 Å². The van der Waals surface area contributed by atoms with Crippen LogP contribution < -0.4 is 5.32 Å². The zero-order valence-corrected chi connectivity index (χ0v) is 11.5. The second kappa shape index (κ2) is 5.89. The van der Waals surface area contributed by atoms with Crippen LogP contribution in [0.3, 0.4) is 0 Å². The van der Waals surface area contributed by atoms with Crippen LogP contribution in [-0.4, -0.2) is 35.9 Å². The summed E-state index contributed by atoms with van der Waals surface area (Å²) in [6, 6.07) is 3.50. The average Bonchev–Trinajstić information content (AvgIpc) is 2.89. The molecule has 1 unspecified atom stereocenters. The second-order valence-electron chi connectivity index (χ2n) is 5.47. The topological polar surface area (TPSA) is 60.5 Å². The van der Waals surface area contributed by atoms with Gasteiger partial charge in [-0.1, -0.05) is 6.42 Å². The van der Waals surface area contributed by atoms with Crippen LogP contribution in [0.15, 0.2) is 24.5 Å². The summed E-state index contributed by atoms with van der Waals surface area (Å²) in [7, 11) is 0. The van der Waals surface area contributed by atoms with Gasteiger partial charge < -0.3 is 14.8 Å². The molecule has 20 heavy (non-hydrogen) atoms. The van der Waals surface area contributed by atoms with Gasteiger partial charge in [0.05, 0.1) is 12.2 Å². The lowest BCUT2D eigenvalue weighted by molar-refractivity contribution is -0.186. The fourth-order valence-corrected chi connectivity index (χ4v) is 2.88. The minimum atomic E-state index is -0.373. The maximum Gasteiger partial charge on any atom is 0.252 e. The molecule has 1 aliphatic carbocycles. The van der Waals surface area contributed by atoms with Crippen molar-refractivity contribution in [3.8, 4) is 0 Å². The van der Waals surface area contributed by atoms with E-state index in [0.717, 1.165) is 25.7 Å². The van der Waals surface area contributed by atoms with E-state index in [-0.39, 0.29) is 17.8 Å². The SMILES string of the molecule is O=C(NCC1COC2(CCCCC2)O1)c1cccnc1. The van der Waals surface area contributed by atoms with Gasteiger partial charge in [0.15, 0.2) is 5.79 Å². The number of nitrogens with zero attached hydrogens (tertiary/aromatic N) is 1. The molecule has 0 aromatic carbocycles. The number of carbonyl (C=O) groups excluding carboxylic acids is 1. The van der Waals surface area contributed by atoms with Gasteiger partial charge in [0.2, 0.25) is 0 Å². The molecular formula is C15H20N2O3. The van der Waals surface area contributed by atoms with Crippen LogP contribution in [0.5, 0.6) is 0 Å². The maximum atomic E-state index is 11.9. The Labute approximate surface area is 118 Å². The van der Waals surface area contributed by atoms with Crippen LogP contribution in [0.1, 0.15) is 42.5 Å². The molecule has 1 saturated carbocycles. The molecule has 1 aromatic rings. The molecule has 108 valence electrons. The van der Waals surface area contributed by atoms with E-state index in [9.17, 15) is 4.79 Å². The van der Waals surface area contributed by atoms with Crippen molar-refractivity contribution in [3.05, 3.63) is 30.1 Å². The molecule has 0 radical (unpaired) electrons. The summed E-state index contributed by atoms with van der Waals surface area (Å²) in [6.07, 6.45) is 8.69. The summed E-state index contributed by atoms with van der Waals surface area (Å²) in [5.74, 6) is -0.492. The molecule has 1 atom stereocenters. The van der Waals surface area contributed by atoms with Gasteiger partial charge >= 0.3 is 0 Å². The molecule has 1 saturated heterocycles. The Bertz CT molecular complexity index is 457. The molecule has 3 rings (SSSR count). The Morgan fingerprint density at radius 3 is 3.00 bits per heavy atom. The monoisotopic (exact) mass is 276 g/mol. The number of amides is 1. The third-order valence-corrected chi connectivity index (χ3v) is 3.94. The third-order valence-electron chi connectivity index (χ3n) is 3.94. The van der Waals surface area contributed by atoms with Crippen LogP contribution >= 0.6 is 0 Å². The van der Waals surface area contributed by atoms with E-state index in [0.29, 0.717) is 18.7 Å². The smallest absolute Gasteiger partial charge is 0.252 e. The number of pyridine rings is 1. The van der Waals surface area contributed by atoms with Gasteiger partial charge in [-0.05, 0) is 25.0 Å². The van der Waals surface area contributed by atoms with Crippen LogP contribution in [0.25, 0.3) is 0 Å². The number of rotatable bonds is 3. The highest BCUT2D eigenvalue weighted by atomic mass is 16.7. The number of hydrogen-bond donors (Lipinski definition) is 1. The van der Waals surface area contributed by atoms with E-state index < -0.39 is 0 Å². The largest absolute Gasteiger partial charge is 0.349 e. The summed E-state index contributed by atoms with van der Waals surface area (Å²) in [6.45, 7) is 1.04. The first kappa shape index (κ1) is 13.5. The minimum absolute atomic E-state index is 0.0475. The van der Waals surface area contributed by atoms with E-state index in [4.69, 9.17) is 9.47 Å². The predicted molar refractivity (Wildman–Crippen MR) is 73.2 cm³/mol. The summed E-state index contributed by atoms with van der Waals surface area (Å²) < 4.78 is 11.9. The normalized spacial score (nSPS) is 24.7. The van der Waals surface area contributed by atoms with Crippen molar-refractivity contribution < 1.29 is 14.3 Å². The summed E-state index contributed by atoms with van der Waals surface area (Å²) in [5.41, 5.74) is 0.568. The number of carbonyl (C=O) groups is 1. The van der Waals surface area contributed by atoms with Crippen molar-refractivity contribution >= 4 is 5.91 Å². The molecule has 5 heteroatoms. The van der Waals surface area contributed by atoms with E-state index in [2.05, 4.69) is 10.3 Å². The Balaban J connectivity index is 1.49. The van der Waals surface area contributed by atoms with Gasteiger partial charge in [0.25, 0.3) is 5.91 Å². The Hall–Kier alpha value is -1.46. The van der Waals surface area contributed by atoms with Gasteiger partial charge in [-0.3, -0.25) is 9.78 Å². The van der Waals surface area contributed by atoms with Gasteiger partial charge in [-0.25, -0.2) is 0 Å². The minimum Gasteiger partial charge on any atom is -0.349 e. The fraction of sp³-hybridized carbons (Fsp3) is 0.600. The van der Waals surface area contributed by atoms with Crippen LogP contribution in [-0.2, 0) is 9.47 Å². The molecule has 2 fully saturated rings. The fourth-order valence-electron chi connectivity index (χ4n) is 2.88. The van der Waals surface area contributed by atoms with Gasteiger partial charge in [-0.2, -0.15) is 0 Å². The highest BCUT2D eigenvalue weighted by Gasteiger charge is 2.42. The van der Waals surface area contributed by atoms with Crippen molar-refractivity contribution in [1.29, 1.82) is 0 Å². The zero-order chi connectivity index (χ0) is 13.8. The Morgan fingerprint density at radius 1 is 1.40 bits per heavy atom. The van der Waals surface area contributed by atoms with Crippen molar-refractivity contribution in [2.45, 2.75) is 44.0 Å². The quantitative estimate of drug-likeness (QED) is 0.915. The number of nitrogens with one attached hydrogen (secondary N) is 1. The molecule has 1 N–H and O–H groups in total. The average molecular weight is 276 g/mol. The van der Waals surface area contributed by atoms with Gasteiger partial charge in [0.1, 0.15) is 6.10 Å². The molecule has 2 aliphatic rings. The van der Waals surface area contributed by atoms with E-state index in [1.807, 2.05) is 0 Å². The van der Waals surface area contributed by atoms with Gasteiger partial charge in [-0.15, -0.1) is 0 Å². The number of hydrogen-bond acceptors (Lipinski definition) is 4. The molecule has 1 spiro atoms. The van der Waals surface area contributed by atoms with Crippen LogP contribution in [0, 0.1) is 0 Å². The molecule has 0 bridgehead atoms. The first-order valence-electron chi connectivity index (χ1n) is 7.27. The van der Waals surface area contributed by atoms with E-state index in [1.54, 1.807) is 24.5 Å². The molecule has 5 nitrogen and oxygen atoms in total. The number of aromatic nitrogens is 1.